The second kappa shape index (κ2) is 5.79. The Hall–Kier alpha value is -1.62. The first-order valence-electron chi connectivity index (χ1n) is 6.39. The van der Waals surface area contributed by atoms with Crippen molar-refractivity contribution < 1.29 is 13.9 Å². The van der Waals surface area contributed by atoms with Crippen LogP contribution in [0.25, 0.3) is 11.0 Å². The van der Waals surface area contributed by atoms with Gasteiger partial charge in [0.25, 0.3) is 0 Å². The minimum absolute atomic E-state index is 0.138. The molecule has 0 fully saturated rings. The molecule has 20 heavy (non-hydrogen) atoms. The van der Waals surface area contributed by atoms with Gasteiger partial charge in [0.2, 0.25) is 0 Å². The third-order valence-corrected chi connectivity index (χ3v) is 3.42. The van der Waals surface area contributed by atoms with Gasteiger partial charge >= 0.3 is 5.97 Å². The quantitative estimate of drug-likeness (QED) is 0.642. The number of carbonyl (C=O) groups excluding carboxylic acids is 1. The predicted molar refractivity (Wildman–Crippen MR) is 75.3 cm³/mol. The van der Waals surface area contributed by atoms with E-state index in [1.54, 1.807) is 31.4 Å². The van der Waals surface area contributed by atoms with Crippen molar-refractivity contribution in [3.63, 3.8) is 0 Å². The number of ether oxygens (including phenoxy) is 1. The summed E-state index contributed by atoms with van der Waals surface area (Å²) in [6.07, 6.45) is 0. The maximum absolute atomic E-state index is 13.6. The lowest BCUT2D eigenvalue weighted by atomic mass is 10.2. The highest BCUT2D eigenvalue weighted by molar-refractivity contribution is 6.16. The highest BCUT2D eigenvalue weighted by Gasteiger charge is 2.22. The summed E-state index contributed by atoms with van der Waals surface area (Å²) in [5.74, 6) is -0.0292. The summed E-state index contributed by atoms with van der Waals surface area (Å²) in [4.78, 5) is 16.2. The van der Waals surface area contributed by atoms with E-state index in [1.165, 1.54) is 6.07 Å². The molecule has 2 aromatic rings. The molecule has 1 heterocycles. The number of hydrogen-bond acceptors (Lipinski definition) is 3. The van der Waals surface area contributed by atoms with Crippen LogP contribution < -0.4 is 0 Å². The van der Waals surface area contributed by atoms with Gasteiger partial charge in [-0.1, -0.05) is 0 Å². The Morgan fingerprint density at radius 2 is 2.25 bits per heavy atom. The summed E-state index contributed by atoms with van der Waals surface area (Å²) in [6.45, 7) is 5.44. The van der Waals surface area contributed by atoms with Gasteiger partial charge in [-0.2, -0.15) is 0 Å². The normalized spacial score (nSPS) is 12.7. The van der Waals surface area contributed by atoms with Crippen molar-refractivity contribution in [3.8, 4) is 0 Å². The molecule has 0 aliphatic rings. The minimum Gasteiger partial charge on any atom is -0.464 e. The van der Waals surface area contributed by atoms with E-state index in [2.05, 4.69) is 4.98 Å². The lowest BCUT2D eigenvalue weighted by molar-refractivity contribution is -0.146. The number of aryl methyl sites for hydroxylation is 1. The van der Waals surface area contributed by atoms with E-state index in [1.807, 2.05) is 0 Å². The molecule has 2 rings (SSSR count). The molecule has 1 aromatic heterocycles. The van der Waals surface area contributed by atoms with Gasteiger partial charge in [-0.3, -0.25) is 0 Å². The fourth-order valence-electron chi connectivity index (χ4n) is 2.16. The molecule has 0 spiro atoms. The van der Waals surface area contributed by atoms with Crippen molar-refractivity contribution in [2.75, 3.05) is 6.61 Å². The first kappa shape index (κ1) is 14.8. The van der Waals surface area contributed by atoms with Crippen molar-refractivity contribution in [2.24, 2.45) is 0 Å². The molecule has 0 amide bonds. The number of carbonyl (C=O) groups is 1. The highest BCUT2D eigenvalue weighted by Crippen LogP contribution is 2.25. The van der Waals surface area contributed by atoms with Gasteiger partial charge in [0.1, 0.15) is 17.7 Å². The Morgan fingerprint density at radius 3 is 2.85 bits per heavy atom. The van der Waals surface area contributed by atoms with Gasteiger partial charge in [-0.05, 0) is 32.4 Å². The summed E-state index contributed by atoms with van der Waals surface area (Å²) in [5.41, 5.74) is 1.66. The first-order valence-corrected chi connectivity index (χ1v) is 6.92. The molecular formula is C14H16ClFN2O2. The summed E-state index contributed by atoms with van der Waals surface area (Å²) in [7, 11) is 0. The lowest BCUT2D eigenvalue weighted by Crippen LogP contribution is -2.20. The monoisotopic (exact) mass is 298 g/mol. The summed E-state index contributed by atoms with van der Waals surface area (Å²) < 4.78 is 20.3. The number of esters is 1. The number of fused-ring (bicyclic) bond motifs is 1. The molecule has 0 saturated heterocycles. The van der Waals surface area contributed by atoms with Crippen molar-refractivity contribution >= 4 is 28.6 Å². The number of alkyl halides is 1. The van der Waals surface area contributed by atoms with Crippen LogP contribution in [-0.4, -0.2) is 22.1 Å². The van der Waals surface area contributed by atoms with Crippen molar-refractivity contribution in [1.29, 1.82) is 0 Å². The van der Waals surface area contributed by atoms with Crippen molar-refractivity contribution in [1.82, 2.24) is 9.55 Å². The molecule has 0 aliphatic heterocycles. The number of imidazole rings is 1. The molecule has 108 valence electrons. The summed E-state index contributed by atoms with van der Waals surface area (Å²) in [6, 6.07) is 2.47. The largest absolute Gasteiger partial charge is 0.464 e. The fourth-order valence-corrected chi connectivity index (χ4v) is 2.35. The average molecular weight is 299 g/mol. The molecular weight excluding hydrogens is 283 g/mol. The average Bonchev–Trinajstić information content (AvgIpc) is 2.76. The highest BCUT2D eigenvalue weighted by atomic mass is 35.5. The zero-order valence-electron chi connectivity index (χ0n) is 11.6. The number of hydrogen-bond donors (Lipinski definition) is 0. The summed E-state index contributed by atoms with van der Waals surface area (Å²) in [5, 5.41) is 0. The lowest BCUT2D eigenvalue weighted by Gasteiger charge is -2.15. The maximum Gasteiger partial charge on any atom is 0.328 e. The molecule has 4 nitrogen and oxygen atoms in total. The number of aromatic nitrogens is 2. The smallest absolute Gasteiger partial charge is 0.328 e. The van der Waals surface area contributed by atoms with Gasteiger partial charge < -0.3 is 9.30 Å². The second-order valence-corrected chi connectivity index (χ2v) is 4.82. The van der Waals surface area contributed by atoms with Gasteiger partial charge in [-0.25, -0.2) is 14.2 Å². The van der Waals surface area contributed by atoms with Crippen LogP contribution in [0.5, 0.6) is 0 Å². The molecule has 0 bridgehead atoms. The Bertz CT molecular complexity index is 654. The van der Waals surface area contributed by atoms with Crippen LogP contribution in [0.1, 0.15) is 31.3 Å². The molecule has 1 unspecified atom stereocenters. The minimum atomic E-state index is -0.557. The van der Waals surface area contributed by atoms with E-state index in [4.69, 9.17) is 16.3 Å². The van der Waals surface area contributed by atoms with Crippen LogP contribution in [0, 0.1) is 12.7 Å². The molecule has 6 heteroatoms. The van der Waals surface area contributed by atoms with E-state index < -0.39 is 6.04 Å². The van der Waals surface area contributed by atoms with Gasteiger partial charge in [0.15, 0.2) is 0 Å². The van der Waals surface area contributed by atoms with Gasteiger partial charge in [0, 0.05) is 6.07 Å². The zero-order chi connectivity index (χ0) is 14.9. The van der Waals surface area contributed by atoms with Crippen molar-refractivity contribution in [3.05, 3.63) is 29.3 Å². The maximum atomic E-state index is 13.6. The fraction of sp³-hybridized carbons (Fsp3) is 0.429. The Kier molecular flexibility index (Phi) is 4.28. The number of halogens is 2. The topological polar surface area (TPSA) is 44.1 Å². The predicted octanol–water partition coefficient (Wildman–Crippen LogP) is 3.35. The number of benzene rings is 1. The van der Waals surface area contributed by atoms with E-state index in [-0.39, 0.29) is 17.7 Å². The third-order valence-electron chi connectivity index (χ3n) is 3.18. The van der Waals surface area contributed by atoms with Gasteiger partial charge in [-0.15, -0.1) is 11.6 Å². The molecule has 0 saturated carbocycles. The third kappa shape index (κ3) is 2.50. The van der Waals surface area contributed by atoms with Crippen LogP contribution in [0.4, 0.5) is 4.39 Å². The van der Waals surface area contributed by atoms with Crippen LogP contribution in [0.15, 0.2) is 12.1 Å². The first-order chi connectivity index (χ1) is 9.49. The Labute approximate surface area is 121 Å². The van der Waals surface area contributed by atoms with E-state index >= 15 is 0 Å². The summed E-state index contributed by atoms with van der Waals surface area (Å²) >= 11 is 5.88. The van der Waals surface area contributed by atoms with Crippen LogP contribution in [-0.2, 0) is 15.4 Å². The standard InChI is InChI=1S/C14H16ClFN2O2/c1-4-20-14(19)9(3)18-12-5-8(2)10(16)6-11(12)17-13(18)7-15/h5-6,9H,4,7H2,1-3H3. The molecule has 0 N–H and O–H groups in total. The number of nitrogens with zero attached hydrogens (tertiary/aromatic N) is 2. The Balaban J connectivity index is 2.60. The van der Waals surface area contributed by atoms with E-state index in [0.29, 0.717) is 29.0 Å². The molecule has 1 atom stereocenters. The van der Waals surface area contributed by atoms with E-state index in [9.17, 15) is 9.18 Å². The number of rotatable bonds is 4. The molecule has 0 radical (unpaired) electrons. The second-order valence-electron chi connectivity index (χ2n) is 4.55. The van der Waals surface area contributed by atoms with Gasteiger partial charge in [0.05, 0.1) is 23.5 Å². The molecule has 1 aromatic carbocycles. The SMILES string of the molecule is CCOC(=O)C(C)n1c(CCl)nc2cc(F)c(C)cc21. The Morgan fingerprint density at radius 1 is 1.55 bits per heavy atom. The zero-order valence-corrected chi connectivity index (χ0v) is 12.4. The van der Waals surface area contributed by atoms with Crippen LogP contribution in [0.3, 0.4) is 0 Å². The van der Waals surface area contributed by atoms with Crippen molar-refractivity contribution in [2.45, 2.75) is 32.7 Å². The van der Waals surface area contributed by atoms with Crippen LogP contribution in [0.2, 0.25) is 0 Å². The van der Waals surface area contributed by atoms with Crippen LogP contribution >= 0.6 is 11.6 Å². The van der Waals surface area contributed by atoms with E-state index in [0.717, 1.165) is 0 Å². The molecule has 0 aliphatic carbocycles.